The average molecular weight is 353 g/mol. The van der Waals surface area contributed by atoms with Crippen LogP contribution < -0.4 is 16.0 Å². The first-order valence-electron chi connectivity index (χ1n) is 9.60. The molecule has 1 aliphatic carbocycles. The number of rotatable bonds is 7. The van der Waals surface area contributed by atoms with E-state index in [-0.39, 0.29) is 12.6 Å². The third-order valence-corrected chi connectivity index (χ3v) is 4.98. The maximum Gasteiger partial charge on any atom is 0.225 e. The number of nitrogens with one attached hydrogen (secondary N) is 3. The summed E-state index contributed by atoms with van der Waals surface area (Å²) in [5.74, 6) is 1.59. The molecule has 0 radical (unpaired) electrons. The molecule has 0 bridgehead atoms. The van der Waals surface area contributed by atoms with Gasteiger partial charge in [0.15, 0.2) is 0 Å². The van der Waals surface area contributed by atoms with Gasteiger partial charge in [-0.15, -0.1) is 0 Å². The lowest BCUT2D eigenvalue weighted by Crippen LogP contribution is -2.28. The number of aromatic nitrogens is 2. The molecule has 6 heteroatoms. The van der Waals surface area contributed by atoms with Gasteiger partial charge >= 0.3 is 0 Å². The highest BCUT2D eigenvalue weighted by Gasteiger charge is 2.24. The number of benzene rings is 1. The Balaban J connectivity index is 1.58. The van der Waals surface area contributed by atoms with Gasteiger partial charge in [-0.05, 0) is 37.8 Å². The molecule has 6 nitrogen and oxygen atoms in total. The van der Waals surface area contributed by atoms with Crippen molar-refractivity contribution >= 4 is 11.8 Å². The second kappa shape index (κ2) is 8.01. The number of anilines is 2. The molecule has 1 atom stereocenters. The van der Waals surface area contributed by atoms with Crippen molar-refractivity contribution in [1.82, 2.24) is 15.3 Å². The van der Waals surface area contributed by atoms with Crippen LogP contribution in [0.1, 0.15) is 29.7 Å². The van der Waals surface area contributed by atoms with Crippen molar-refractivity contribution in [1.29, 1.82) is 0 Å². The standard InChI is InChI=1S/C20H27N5O/c26-13-16(12-14-4-2-1-3-5-14)22-19-17-8-10-21-11-9-18(17)24-20(25-19)23-15-6-7-15/h1-5,15-16,21,26H,6-13H2,(H2,22,23,24,25)/t16-/m1/s1. The van der Waals surface area contributed by atoms with Gasteiger partial charge in [0.25, 0.3) is 0 Å². The third kappa shape index (κ3) is 4.31. The van der Waals surface area contributed by atoms with Crippen LogP contribution in [0, 0.1) is 0 Å². The second-order valence-corrected chi connectivity index (χ2v) is 7.20. The fourth-order valence-electron chi connectivity index (χ4n) is 3.39. The topological polar surface area (TPSA) is 82.1 Å². The van der Waals surface area contributed by atoms with Crippen molar-refractivity contribution in [3.05, 3.63) is 47.2 Å². The molecule has 1 fully saturated rings. The van der Waals surface area contributed by atoms with E-state index in [0.717, 1.165) is 43.9 Å². The number of hydrogen-bond donors (Lipinski definition) is 4. The number of nitrogens with zero attached hydrogens (tertiary/aromatic N) is 2. The lowest BCUT2D eigenvalue weighted by molar-refractivity contribution is 0.273. The second-order valence-electron chi connectivity index (χ2n) is 7.20. The molecule has 0 saturated heterocycles. The van der Waals surface area contributed by atoms with Gasteiger partial charge in [0.1, 0.15) is 5.82 Å². The Bertz CT molecular complexity index is 732. The molecule has 1 aromatic carbocycles. The largest absolute Gasteiger partial charge is 0.394 e. The maximum atomic E-state index is 9.90. The van der Waals surface area contributed by atoms with E-state index in [9.17, 15) is 5.11 Å². The van der Waals surface area contributed by atoms with Crippen molar-refractivity contribution in [3.8, 4) is 0 Å². The van der Waals surface area contributed by atoms with Crippen LogP contribution in [-0.4, -0.2) is 46.9 Å². The van der Waals surface area contributed by atoms with Crippen molar-refractivity contribution in [3.63, 3.8) is 0 Å². The number of aliphatic hydroxyl groups is 1. The molecular weight excluding hydrogens is 326 g/mol. The zero-order valence-electron chi connectivity index (χ0n) is 15.0. The Morgan fingerprint density at radius 2 is 1.92 bits per heavy atom. The van der Waals surface area contributed by atoms with Crippen LogP contribution in [0.4, 0.5) is 11.8 Å². The maximum absolute atomic E-state index is 9.90. The molecule has 0 unspecified atom stereocenters. The van der Waals surface area contributed by atoms with E-state index in [0.29, 0.717) is 12.0 Å². The van der Waals surface area contributed by atoms with Crippen LogP contribution in [-0.2, 0) is 19.3 Å². The van der Waals surface area contributed by atoms with Gasteiger partial charge in [-0.25, -0.2) is 4.98 Å². The Morgan fingerprint density at radius 1 is 1.12 bits per heavy atom. The van der Waals surface area contributed by atoms with E-state index in [1.165, 1.54) is 24.0 Å². The molecule has 4 N–H and O–H groups in total. The summed E-state index contributed by atoms with van der Waals surface area (Å²) in [6.07, 6.45) is 4.97. The summed E-state index contributed by atoms with van der Waals surface area (Å²) in [4.78, 5) is 9.53. The molecule has 0 amide bonds. The van der Waals surface area contributed by atoms with Crippen molar-refractivity contribution in [2.75, 3.05) is 30.3 Å². The molecule has 1 aliphatic heterocycles. The third-order valence-electron chi connectivity index (χ3n) is 4.98. The Labute approximate surface area is 154 Å². The zero-order valence-corrected chi connectivity index (χ0v) is 15.0. The quantitative estimate of drug-likeness (QED) is 0.607. The highest BCUT2D eigenvalue weighted by molar-refractivity contribution is 5.52. The van der Waals surface area contributed by atoms with Crippen LogP contribution in [0.5, 0.6) is 0 Å². The summed E-state index contributed by atoms with van der Waals surface area (Å²) in [7, 11) is 0. The first-order chi connectivity index (χ1) is 12.8. The summed E-state index contributed by atoms with van der Waals surface area (Å²) in [5.41, 5.74) is 3.51. The number of hydrogen-bond acceptors (Lipinski definition) is 6. The highest BCUT2D eigenvalue weighted by atomic mass is 16.3. The number of aliphatic hydroxyl groups excluding tert-OH is 1. The molecule has 26 heavy (non-hydrogen) atoms. The minimum Gasteiger partial charge on any atom is -0.394 e. The molecular formula is C20H27N5O. The van der Waals surface area contributed by atoms with Gasteiger partial charge in [0.05, 0.1) is 18.3 Å². The lowest BCUT2D eigenvalue weighted by atomic mass is 10.1. The van der Waals surface area contributed by atoms with Gasteiger partial charge in [-0.1, -0.05) is 30.3 Å². The van der Waals surface area contributed by atoms with Gasteiger partial charge < -0.3 is 21.1 Å². The van der Waals surface area contributed by atoms with Crippen LogP contribution in [0.2, 0.25) is 0 Å². The first kappa shape index (κ1) is 17.2. The van der Waals surface area contributed by atoms with E-state index in [1.807, 2.05) is 18.2 Å². The monoisotopic (exact) mass is 353 g/mol. The van der Waals surface area contributed by atoms with Gasteiger partial charge in [0.2, 0.25) is 5.95 Å². The Morgan fingerprint density at radius 3 is 2.69 bits per heavy atom. The van der Waals surface area contributed by atoms with Gasteiger partial charge in [-0.2, -0.15) is 4.98 Å². The molecule has 2 heterocycles. The van der Waals surface area contributed by atoms with Gasteiger partial charge in [0, 0.05) is 24.6 Å². The summed E-state index contributed by atoms with van der Waals surface area (Å²) in [6, 6.07) is 10.7. The van der Waals surface area contributed by atoms with Crippen LogP contribution in [0.25, 0.3) is 0 Å². The average Bonchev–Trinajstić information content (AvgIpc) is 3.49. The van der Waals surface area contributed by atoms with E-state index in [1.54, 1.807) is 0 Å². The molecule has 2 aromatic rings. The van der Waals surface area contributed by atoms with E-state index >= 15 is 0 Å². The predicted molar refractivity (Wildman–Crippen MR) is 104 cm³/mol. The Hall–Kier alpha value is -2.18. The smallest absolute Gasteiger partial charge is 0.225 e. The molecule has 2 aliphatic rings. The van der Waals surface area contributed by atoms with Crippen molar-refractivity contribution < 1.29 is 5.11 Å². The van der Waals surface area contributed by atoms with Crippen molar-refractivity contribution in [2.24, 2.45) is 0 Å². The molecule has 4 rings (SSSR count). The molecule has 1 aromatic heterocycles. The summed E-state index contributed by atoms with van der Waals surface area (Å²) in [5, 5.41) is 20.3. The fraction of sp³-hybridized carbons (Fsp3) is 0.500. The summed E-state index contributed by atoms with van der Waals surface area (Å²) < 4.78 is 0. The Kier molecular flexibility index (Phi) is 5.32. The summed E-state index contributed by atoms with van der Waals surface area (Å²) >= 11 is 0. The molecule has 1 saturated carbocycles. The first-order valence-corrected chi connectivity index (χ1v) is 9.60. The highest BCUT2D eigenvalue weighted by Crippen LogP contribution is 2.27. The van der Waals surface area contributed by atoms with Crippen molar-refractivity contribution in [2.45, 2.75) is 44.2 Å². The lowest BCUT2D eigenvalue weighted by Gasteiger charge is -2.21. The minimum atomic E-state index is -0.0682. The van der Waals surface area contributed by atoms with Gasteiger partial charge in [-0.3, -0.25) is 0 Å². The zero-order chi connectivity index (χ0) is 17.8. The molecule has 138 valence electrons. The predicted octanol–water partition coefficient (Wildman–Crippen LogP) is 1.75. The van der Waals surface area contributed by atoms with E-state index < -0.39 is 0 Å². The van der Waals surface area contributed by atoms with Crippen LogP contribution in [0.15, 0.2) is 30.3 Å². The van der Waals surface area contributed by atoms with Crippen LogP contribution in [0.3, 0.4) is 0 Å². The SMILES string of the molecule is OC[C@@H](Cc1ccccc1)Nc1nc(NC2CC2)nc2c1CCNCC2. The number of fused-ring (bicyclic) bond motifs is 1. The fourth-order valence-corrected chi connectivity index (χ4v) is 3.39. The normalized spacial score (nSPS) is 17.9. The van der Waals surface area contributed by atoms with Crippen LogP contribution >= 0.6 is 0 Å². The molecule has 0 spiro atoms. The summed E-state index contributed by atoms with van der Waals surface area (Å²) in [6.45, 7) is 1.94. The van der Waals surface area contributed by atoms with E-state index in [4.69, 9.17) is 9.97 Å². The van der Waals surface area contributed by atoms with E-state index in [2.05, 4.69) is 28.1 Å². The minimum absolute atomic E-state index is 0.0668.